The standard InChI is InChI=1S/C26H20ClFN4OS/c27-20-8-5-9-21(28)19(20)14-31-13-16(17-6-1-3-10-22(17)31)12-30-32-15-29-25-24(26(32)33)18-7-2-4-11-23(18)34-25/h1,3,5-6,8-10,12-13,15H,2,4,7,11,14H2/b30-12-. The summed E-state index contributed by atoms with van der Waals surface area (Å²) in [5.74, 6) is -0.342. The molecule has 3 heterocycles. The van der Waals surface area contributed by atoms with Crippen molar-refractivity contribution in [2.45, 2.75) is 32.2 Å². The van der Waals surface area contributed by atoms with Gasteiger partial charge in [0.25, 0.3) is 5.56 Å². The molecule has 8 heteroatoms. The van der Waals surface area contributed by atoms with Crippen LogP contribution in [0, 0.1) is 5.82 Å². The van der Waals surface area contributed by atoms with Crippen molar-refractivity contribution in [2.75, 3.05) is 0 Å². The molecule has 0 unspecified atom stereocenters. The Morgan fingerprint density at radius 3 is 2.88 bits per heavy atom. The second kappa shape index (κ2) is 8.49. The summed E-state index contributed by atoms with van der Waals surface area (Å²) in [6.07, 6.45) is 9.25. The van der Waals surface area contributed by atoms with Crippen molar-refractivity contribution in [1.29, 1.82) is 0 Å². The van der Waals surface area contributed by atoms with Gasteiger partial charge in [0, 0.05) is 38.1 Å². The van der Waals surface area contributed by atoms with E-state index in [0.717, 1.165) is 52.5 Å². The highest BCUT2D eigenvalue weighted by Gasteiger charge is 2.20. The maximum absolute atomic E-state index is 14.4. The number of hydrogen-bond acceptors (Lipinski definition) is 4. The van der Waals surface area contributed by atoms with Gasteiger partial charge in [0.1, 0.15) is 17.0 Å². The number of fused-ring (bicyclic) bond motifs is 4. The molecular weight excluding hydrogens is 471 g/mol. The van der Waals surface area contributed by atoms with Gasteiger partial charge >= 0.3 is 0 Å². The summed E-state index contributed by atoms with van der Waals surface area (Å²) in [5.41, 5.74) is 3.19. The minimum absolute atomic E-state index is 0.137. The minimum Gasteiger partial charge on any atom is -0.342 e. The molecule has 0 saturated heterocycles. The van der Waals surface area contributed by atoms with Crippen molar-refractivity contribution in [2.24, 2.45) is 5.10 Å². The largest absolute Gasteiger partial charge is 0.342 e. The second-order valence-electron chi connectivity index (χ2n) is 8.46. The number of nitrogens with zero attached hydrogens (tertiary/aromatic N) is 4. The maximum atomic E-state index is 14.4. The van der Waals surface area contributed by atoms with Crippen LogP contribution in [0.2, 0.25) is 5.02 Å². The molecule has 0 fully saturated rings. The lowest BCUT2D eigenvalue weighted by Gasteiger charge is -2.09. The van der Waals surface area contributed by atoms with Gasteiger partial charge in [0.2, 0.25) is 0 Å². The molecule has 1 aliphatic rings. The number of aryl methyl sites for hydroxylation is 2. The molecule has 3 aromatic heterocycles. The first kappa shape index (κ1) is 21.3. The molecule has 0 aliphatic heterocycles. The van der Waals surface area contributed by atoms with Crippen molar-refractivity contribution >= 4 is 50.3 Å². The molecule has 5 nitrogen and oxygen atoms in total. The molecule has 34 heavy (non-hydrogen) atoms. The zero-order valence-corrected chi connectivity index (χ0v) is 19.7. The fraction of sp³-hybridized carbons (Fsp3) is 0.192. The van der Waals surface area contributed by atoms with E-state index < -0.39 is 0 Å². The average Bonchev–Trinajstić information content (AvgIpc) is 3.40. The van der Waals surface area contributed by atoms with Gasteiger partial charge in [-0.15, -0.1) is 11.3 Å². The predicted molar refractivity (Wildman–Crippen MR) is 136 cm³/mol. The number of rotatable bonds is 4. The van der Waals surface area contributed by atoms with E-state index in [1.807, 2.05) is 35.0 Å². The van der Waals surface area contributed by atoms with Crippen molar-refractivity contribution < 1.29 is 4.39 Å². The van der Waals surface area contributed by atoms with Gasteiger partial charge in [0.05, 0.1) is 18.1 Å². The first-order chi connectivity index (χ1) is 16.6. The van der Waals surface area contributed by atoms with E-state index in [0.29, 0.717) is 16.0 Å². The highest BCUT2D eigenvalue weighted by Crippen LogP contribution is 2.33. The van der Waals surface area contributed by atoms with Crippen LogP contribution >= 0.6 is 22.9 Å². The Kier molecular flexibility index (Phi) is 5.31. The van der Waals surface area contributed by atoms with Crippen LogP contribution in [0.25, 0.3) is 21.1 Å². The molecule has 0 N–H and O–H groups in total. The van der Waals surface area contributed by atoms with E-state index >= 15 is 0 Å². The molecule has 2 aromatic carbocycles. The van der Waals surface area contributed by atoms with Crippen LogP contribution in [0.15, 0.2) is 64.9 Å². The lowest BCUT2D eigenvalue weighted by Crippen LogP contribution is -2.18. The topological polar surface area (TPSA) is 52.2 Å². The zero-order valence-electron chi connectivity index (χ0n) is 18.2. The fourth-order valence-electron chi connectivity index (χ4n) is 4.71. The Balaban J connectivity index is 1.41. The van der Waals surface area contributed by atoms with E-state index in [9.17, 15) is 9.18 Å². The molecule has 5 aromatic rings. The Morgan fingerprint density at radius 1 is 1.15 bits per heavy atom. The normalized spacial score (nSPS) is 13.8. The van der Waals surface area contributed by atoms with Crippen LogP contribution < -0.4 is 5.56 Å². The SMILES string of the molecule is O=c1c2c3c(sc2ncn1/N=C\c1cn(Cc2c(F)cccc2Cl)c2ccccc12)CCCC3. The molecule has 170 valence electrons. The molecule has 0 bridgehead atoms. The smallest absolute Gasteiger partial charge is 0.282 e. The third-order valence-corrected chi connectivity index (χ3v) is 7.94. The van der Waals surface area contributed by atoms with Gasteiger partial charge in [-0.2, -0.15) is 9.78 Å². The average molecular weight is 491 g/mol. The number of thiophene rings is 1. The van der Waals surface area contributed by atoms with Crippen LogP contribution in [0.4, 0.5) is 4.39 Å². The maximum Gasteiger partial charge on any atom is 0.282 e. The summed E-state index contributed by atoms with van der Waals surface area (Å²) in [5, 5.41) is 6.51. The highest BCUT2D eigenvalue weighted by molar-refractivity contribution is 7.18. The van der Waals surface area contributed by atoms with E-state index in [4.69, 9.17) is 11.6 Å². The zero-order chi connectivity index (χ0) is 23.2. The van der Waals surface area contributed by atoms with E-state index in [1.54, 1.807) is 29.7 Å². The van der Waals surface area contributed by atoms with Gasteiger partial charge in [-0.1, -0.05) is 35.9 Å². The van der Waals surface area contributed by atoms with E-state index in [2.05, 4.69) is 10.1 Å². The summed E-state index contributed by atoms with van der Waals surface area (Å²) in [4.78, 5) is 19.8. The monoisotopic (exact) mass is 490 g/mol. The number of benzene rings is 2. The molecule has 0 spiro atoms. The third kappa shape index (κ3) is 3.56. The second-order valence-corrected chi connectivity index (χ2v) is 9.95. The Morgan fingerprint density at radius 2 is 2.00 bits per heavy atom. The molecule has 1 aliphatic carbocycles. The number of aromatic nitrogens is 3. The highest BCUT2D eigenvalue weighted by atomic mass is 35.5. The van der Waals surface area contributed by atoms with Crippen molar-refractivity contribution in [3.05, 3.63) is 97.7 Å². The first-order valence-corrected chi connectivity index (χ1v) is 12.4. The molecule has 0 atom stereocenters. The first-order valence-electron chi connectivity index (χ1n) is 11.2. The van der Waals surface area contributed by atoms with Crippen molar-refractivity contribution in [3.8, 4) is 0 Å². The summed E-state index contributed by atoms with van der Waals surface area (Å²) in [7, 11) is 0. The summed E-state index contributed by atoms with van der Waals surface area (Å²) >= 11 is 7.89. The number of halogens is 2. The summed E-state index contributed by atoms with van der Waals surface area (Å²) in [6, 6.07) is 12.5. The summed E-state index contributed by atoms with van der Waals surface area (Å²) in [6.45, 7) is 0.286. The van der Waals surface area contributed by atoms with Gasteiger partial charge in [-0.25, -0.2) is 9.37 Å². The Bertz CT molecular complexity index is 1630. The Hall–Kier alpha value is -3.29. The third-order valence-electron chi connectivity index (χ3n) is 6.39. The van der Waals surface area contributed by atoms with Crippen molar-refractivity contribution in [1.82, 2.24) is 14.2 Å². The summed E-state index contributed by atoms with van der Waals surface area (Å²) < 4.78 is 17.7. The minimum atomic E-state index is -0.342. The van der Waals surface area contributed by atoms with Crippen LogP contribution in [0.5, 0.6) is 0 Å². The lowest BCUT2D eigenvalue weighted by atomic mass is 9.97. The molecule has 0 amide bonds. The van der Waals surface area contributed by atoms with Gasteiger partial charge < -0.3 is 4.57 Å². The van der Waals surface area contributed by atoms with Gasteiger partial charge in [0.15, 0.2) is 0 Å². The van der Waals surface area contributed by atoms with Crippen LogP contribution in [0.1, 0.15) is 34.4 Å². The van der Waals surface area contributed by atoms with E-state index in [1.165, 1.54) is 21.9 Å². The van der Waals surface area contributed by atoms with Gasteiger partial charge in [-0.05, 0) is 49.4 Å². The van der Waals surface area contributed by atoms with E-state index in [-0.39, 0.29) is 17.9 Å². The lowest BCUT2D eigenvalue weighted by molar-refractivity contribution is 0.602. The Labute approximate surface area is 203 Å². The van der Waals surface area contributed by atoms with Crippen molar-refractivity contribution in [3.63, 3.8) is 0 Å². The fourth-order valence-corrected chi connectivity index (χ4v) is 6.15. The van der Waals surface area contributed by atoms with Crippen LogP contribution in [-0.4, -0.2) is 20.4 Å². The molecule has 6 rings (SSSR count). The molecular formula is C26H20ClFN4OS. The van der Waals surface area contributed by atoms with Crippen LogP contribution in [-0.2, 0) is 19.4 Å². The quantitative estimate of drug-likeness (QED) is 0.289. The van der Waals surface area contributed by atoms with Crippen LogP contribution in [0.3, 0.4) is 0 Å². The number of para-hydroxylation sites is 1. The molecule has 0 radical (unpaired) electrons. The predicted octanol–water partition coefficient (Wildman–Crippen LogP) is 6.01. The molecule has 0 saturated carbocycles. The number of hydrogen-bond donors (Lipinski definition) is 0. The van der Waals surface area contributed by atoms with Gasteiger partial charge in [-0.3, -0.25) is 4.79 Å².